The molecule has 0 bridgehead atoms. The third-order valence-corrected chi connectivity index (χ3v) is 8.34. The van der Waals surface area contributed by atoms with Gasteiger partial charge >= 0.3 is 0 Å². The number of rotatable bonds is 7. The molecule has 1 aromatic heterocycles. The van der Waals surface area contributed by atoms with Crippen LogP contribution in [0.2, 0.25) is 0 Å². The lowest BCUT2D eigenvalue weighted by Gasteiger charge is -2.23. The molecule has 2 atom stereocenters. The number of carbonyl (C=O) groups excluding carboxylic acids is 3. The molecule has 0 fully saturated rings. The van der Waals surface area contributed by atoms with Gasteiger partial charge in [0.05, 0.1) is 22.1 Å². The zero-order valence-electron chi connectivity index (χ0n) is 19.5. The van der Waals surface area contributed by atoms with E-state index < -0.39 is 39.5 Å². The summed E-state index contributed by atoms with van der Waals surface area (Å²) in [5, 5.41) is 2.66. The zero-order chi connectivity index (χ0) is 24.7. The minimum Gasteiger partial charge on any atom is -0.349 e. The van der Waals surface area contributed by atoms with Gasteiger partial charge in [0.2, 0.25) is 15.8 Å². The van der Waals surface area contributed by atoms with E-state index in [4.69, 9.17) is 0 Å². The van der Waals surface area contributed by atoms with Crippen molar-refractivity contribution in [2.45, 2.75) is 63.3 Å². The van der Waals surface area contributed by atoms with E-state index in [0.29, 0.717) is 32.2 Å². The summed E-state index contributed by atoms with van der Waals surface area (Å²) in [5.41, 5.74) is 2.81. The number of carbonyl (C=O) groups is 3. The van der Waals surface area contributed by atoms with Crippen molar-refractivity contribution in [1.29, 1.82) is 0 Å². The molecule has 8 nitrogen and oxygen atoms in total. The van der Waals surface area contributed by atoms with Crippen LogP contribution in [0.1, 0.15) is 50.1 Å². The van der Waals surface area contributed by atoms with Gasteiger partial charge < -0.3 is 5.32 Å². The van der Waals surface area contributed by atoms with Crippen molar-refractivity contribution in [3.63, 3.8) is 0 Å². The number of Topliss-reactive ketones (excluding diaryl/α,β-unsaturated/α-hetero) is 2. The van der Waals surface area contributed by atoms with Crippen LogP contribution in [0, 0.1) is 11.8 Å². The standard InChI is InChI=1S/C24H31N3O5S2/c1-16(2)22(27-34(31,32)18-9-4-3-5-10-18)20(28)14-17-8-6-11-19-21(33-15-26-19)12-7-13-25-24(30)23(17)29/h3-5,9-10,15-17,22,27H,6-8,11-14H2,1-2H3,(H,25,30). The second-order valence-corrected chi connectivity index (χ2v) is 11.5. The smallest absolute Gasteiger partial charge is 0.287 e. The number of ketones is 2. The van der Waals surface area contributed by atoms with Crippen molar-refractivity contribution in [1.82, 2.24) is 15.0 Å². The first-order valence-corrected chi connectivity index (χ1v) is 13.9. The summed E-state index contributed by atoms with van der Waals surface area (Å²) >= 11 is 1.59. The van der Waals surface area contributed by atoms with Crippen LogP contribution >= 0.6 is 11.3 Å². The Labute approximate surface area is 204 Å². The summed E-state index contributed by atoms with van der Waals surface area (Å²) in [7, 11) is -3.92. The first-order chi connectivity index (χ1) is 16.2. The number of benzene rings is 1. The Morgan fingerprint density at radius 2 is 1.91 bits per heavy atom. The quantitative estimate of drug-likeness (QED) is 0.558. The van der Waals surface area contributed by atoms with Crippen molar-refractivity contribution in [2.75, 3.05) is 6.54 Å². The SMILES string of the molecule is CC(C)C(NS(=O)(=O)c1ccccc1)C(=O)CC1CCCc2ncsc2CCCNC(=O)C1=O. The Balaban J connectivity index is 1.75. The molecule has 2 heterocycles. The second kappa shape index (κ2) is 11.8. The molecule has 10 heteroatoms. The third-order valence-electron chi connectivity index (χ3n) is 5.95. The van der Waals surface area contributed by atoms with Crippen LogP contribution in [-0.2, 0) is 37.2 Å². The first-order valence-electron chi connectivity index (χ1n) is 11.5. The van der Waals surface area contributed by atoms with Gasteiger partial charge in [-0.05, 0) is 50.2 Å². The molecule has 1 amide bonds. The molecule has 1 aliphatic rings. The summed E-state index contributed by atoms with van der Waals surface area (Å²) in [5.74, 6) is -2.85. The lowest BCUT2D eigenvalue weighted by atomic mass is 9.87. The molecule has 34 heavy (non-hydrogen) atoms. The number of thiazole rings is 1. The Kier molecular flexibility index (Phi) is 9.10. The average Bonchev–Trinajstić information content (AvgIpc) is 3.25. The van der Waals surface area contributed by atoms with Gasteiger partial charge in [-0.15, -0.1) is 11.3 Å². The van der Waals surface area contributed by atoms with Crippen molar-refractivity contribution >= 4 is 38.8 Å². The number of fused-ring (bicyclic) bond motifs is 1. The molecule has 2 unspecified atom stereocenters. The van der Waals surface area contributed by atoms with E-state index in [-0.39, 0.29) is 17.2 Å². The third kappa shape index (κ3) is 6.80. The predicted molar refractivity (Wildman–Crippen MR) is 130 cm³/mol. The van der Waals surface area contributed by atoms with E-state index >= 15 is 0 Å². The van der Waals surface area contributed by atoms with E-state index in [1.807, 2.05) is 0 Å². The van der Waals surface area contributed by atoms with E-state index in [2.05, 4.69) is 15.0 Å². The van der Waals surface area contributed by atoms with Crippen LogP contribution in [0.3, 0.4) is 0 Å². The molecule has 2 N–H and O–H groups in total. The highest BCUT2D eigenvalue weighted by Gasteiger charge is 2.33. The zero-order valence-corrected chi connectivity index (χ0v) is 21.1. The summed E-state index contributed by atoms with van der Waals surface area (Å²) in [4.78, 5) is 44.2. The number of amides is 1. The van der Waals surface area contributed by atoms with Crippen LogP contribution in [0.25, 0.3) is 0 Å². The van der Waals surface area contributed by atoms with Gasteiger partial charge in [-0.2, -0.15) is 0 Å². The van der Waals surface area contributed by atoms with Crippen LogP contribution < -0.4 is 10.0 Å². The number of nitrogens with one attached hydrogen (secondary N) is 2. The highest BCUT2D eigenvalue weighted by molar-refractivity contribution is 7.89. The maximum atomic E-state index is 13.2. The van der Waals surface area contributed by atoms with Crippen LogP contribution in [0.5, 0.6) is 0 Å². The van der Waals surface area contributed by atoms with E-state index in [0.717, 1.165) is 12.1 Å². The van der Waals surface area contributed by atoms with Crippen molar-refractivity contribution in [2.24, 2.45) is 11.8 Å². The molecule has 0 radical (unpaired) electrons. The summed E-state index contributed by atoms with van der Waals surface area (Å²) in [6.45, 7) is 3.86. The number of hydrogen-bond donors (Lipinski definition) is 2. The number of aromatic nitrogens is 1. The molecule has 0 aliphatic carbocycles. The maximum Gasteiger partial charge on any atom is 0.287 e. The molecule has 3 rings (SSSR count). The summed E-state index contributed by atoms with van der Waals surface area (Å²) in [6.07, 6.45) is 2.94. The highest BCUT2D eigenvalue weighted by Crippen LogP contribution is 2.23. The first kappa shape index (κ1) is 26.2. The molecule has 184 valence electrons. The minimum absolute atomic E-state index is 0.0639. The topological polar surface area (TPSA) is 122 Å². The van der Waals surface area contributed by atoms with E-state index in [1.54, 1.807) is 48.9 Å². The van der Waals surface area contributed by atoms with Crippen molar-refractivity contribution in [3.05, 3.63) is 46.4 Å². The van der Waals surface area contributed by atoms with E-state index in [1.165, 1.54) is 17.0 Å². The van der Waals surface area contributed by atoms with Crippen LogP contribution in [0.4, 0.5) is 0 Å². The lowest BCUT2D eigenvalue weighted by molar-refractivity contribution is -0.141. The van der Waals surface area contributed by atoms with Crippen molar-refractivity contribution in [3.8, 4) is 0 Å². The normalized spacial score (nSPS) is 19.0. The Morgan fingerprint density at radius 3 is 2.62 bits per heavy atom. The van der Waals surface area contributed by atoms with Crippen LogP contribution in [0.15, 0.2) is 40.7 Å². The number of hydrogen-bond acceptors (Lipinski definition) is 7. The Hall–Kier alpha value is -2.43. The number of nitrogens with zero attached hydrogens (tertiary/aromatic N) is 1. The Bertz CT molecular complexity index is 1110. The number of aryl methyl sites for hydroxylation is 2. The van der Waals surface area contributed by atoms with Gasteiger partial charge in [0.25, 0.3) is 5.91 Å². The number of sulfonamides is 1. The fourth-order valence-electron chi connectivity index (χ4n) is 4.04. The van der Waals surface area contributed by atoms with Gasteiger partial charge in [-0.25, -0.2) is 18.1 Å². The highest BCUT2D eigenvalue weighted by atomic mass is 32.2. The lowest BCUT2D eigenvalue weighted by Crippen LogP contribution is -2.46. The molecular formula is C24H31N3O5S2. The van der Waals surface area contributed by atoms with Gasteiger partial charge in [0.1, 0.15) is 0 Å². The van der Waals surface area contributed by atoms with Gasteiger partial charge in [-0.3, -0.25) is 14.4 Å². The summed E-state index contributed by atoms with van der Waals surface area (Å²) in [6, 6.07) is 6.83. The molecular weight excluding hydrogens is 474 g/mol. The molecule has 0 saturated heterocycles. The minimum atomic E-state index is -3.92. The van der Waals surface area contributed by atoms with Gasteiger partial charge in [-0.1, -0.05) is 32.0 Å². The fourth-order valence-corrected chi connectivity index (χ4v) is 6.29. The molecule has 2 aromatic rings. The van der Waals surface area contributed by atoms with Gasteiger partial charge in [0, 0.05) is 23.8 Å². The Morgan fingerprint density at radius 1 is 1.18 bits per heavy atom. The molecule has 1 aliphatic heterocycles. The predicted octanol–water partition coefficient (Wildman–Crippen LogP) is 2.68. The molecule has 1 aromatic carbocycles. The monoisotopic (exact) mass is 505 g/mol. The second-order valence-electron chi connectivity index (χ2n) is 8.86. The fraction of sp³-hybridized carbons (Fsp3) is 0.500. The maximum absolute atomic E-state index is 13.2. The van der Waals surface area contributed by atoms with E-state index in [9.17, 15) is 22.8 Å². The van der Waals surface area contributed by atoms with Gasteiger partial charge in [0.15, 0.2) is 5.78 Å². The largest absolute Gasteiger partial charge is 0.349 e. The van der Waals surface area contributed by atoms with Crippen LogP contribution in [-0.4, -0.2) is 43.5 Å². The molecule has 0 saturated carbocycles. The van der Waals surface area contributed by atoms with Crippen molar-refractivity contribution < 1.29 is 22.8 Å². The average molecular weight is 506 g/mol. The summed E-state index contributed by atoms with van der Waals surface area (Å²) < 4.78 is 28.1. The molecule has 0 spiro atoms.